The third-order valence-electron chi connectivity index (χ3n) is 6.11. The minimum absolute atomic E-state index is 0.0359. The largest absolute Gasteiger partial charge is 0.351 e. The molecule has 1 aromatic carbocycles. The molecule has 32 heavy (non-hydrogen) atoms. The van der Waals surface area contributed by atoms with E-state index in [1.54, 1.807) is 6.20 Å². The zero-order chi connectivity index (χ0) is 22.1. The summed E-state index contributed by atoms with van der Waals surface area (Å²) < 4.78 is 2.28. The fourth-order valence-electron chi connectivity index (χ4n) is 4.34. The Kier molecular flexibility index (Phi) is 5.45. The van der Waals surface area contributed by atoms with E-state index in [4.69, 9.17) is 12.2 Å². The number of aromatic nitrogens is 3. The highest BCUT2D eigenvalue weighted by atomic mass is 32.1. The summed E-state index contributed by atoms with van der Waals surface area (Å²) in [6, 6.07) is 20.8. The molecule has 1 aliphatic heterocycles. The second kappa shape index (κ2) is 8.55. The molecule has 0 bridgehead atoms. The van der Waals surface area contributed by atoms with Crippen LogP contribution in [-0.4, -0.2) is 19.6 Å². The summed E-state index contributed by atoms with van der Waals surface area (Å²) in [7, 11) is 0. The van der Waals surface area contributed by atoms with E-state index >= 15 is 0 Å². The molecule has 2 atom stereocenters. The first-order chi connectivity index (χ1) is 15.6. The molecule has 3 aromatic heterocycles. The molecule has 1 fully saturated rings. The summed E-state index contributed by atoms with van der Waals surface area (Å²) in [4.78, 5) is 11.2. The summed E-state index contributed by atoms with van der Waals surface area (Å²) in [6.07, 6.45) is 7.68. The number of hydrogen-bond donors (Lipinski definition) is 1. The number of benzene rings is 1. The van der Waals surface area contributed by atoms with Gasteiger partial charge < -0.3 is 14.8 Å². The van der Waals surface area contributed by atoms with Crippen molar-refractivity contribution >= 4 is 23.0 Å². The average molecular weight is 440 g/mol. The van der Waals surface area contributed by atoms with Crippen LogP contribution in [-0.2, 0) is 6.54 Å². The van der Waals surface area contributed by atoms with E-state index in [-0.39, 0.29) is 12.1 Å². The maximum atomic E-state index is 5.87. The van der Waals surface area contributed by atoms with Gasteiger partial charge in [-0.1, -0.05) is 18.2 Å². The van der Waals surface area contributed by atoms with Gasteiger partial charge in [0.1, 0.15) is 6.04 Å². The Labute approximate surface area is 193 Å². The number of rotatable bonds is 5. The highest BCUT2D eigenvalue weighted by Gasteiger charge is 2.42. The monoisotopic (exact) mass is 439 g/mol. The molecular formula is C26H25N5S. The molecule has 6 heteroatoms. The van der Waals surface area contributed by atoms with Gasteiger partial charge in [0, 0.05) is 42.7 Å². The summed E-state index contributed by atoms with van der Waals surface area (Å²) in [5.74, 6) is 0. The first-order valence-electron chi connectivity index (χ1n) is 10.7. The zero-order valence-electron chi connectivity index (χ0n) is 18.1. The summed E-state index contributed by atoms with van der Waals surface area (Å²) in [6.45, 7) is 5.02. The molecule has 0 amide bonds. The van der Waals surface area contributed by atoms with Gasteiger partial charge in [0.2, 0.25) is 0 Å². The molecule has 1 aliphatic rings. The number of nitrogens with zero attached hydrogens (tertiary/aromatic N) is 4. The Morgan fingerprint density at radius 2 is 1.88 bits per heavy atom. The molecule has 5 rings (SSSR count). The average Bonchev–Trinajstić information content (AvgIpc) is 3.40. The highest BCUT2D eigenvalue weighted by Crippen LogP contribution is 2.42. The SMILES string of the molecule is Cc1ccc(N2C(=S)N[C@H](c3ccccn3)[C@H]2c2cccn2Cc2cccnc2)cc1C. The zero-order valence-corrected chi connectivity index (χ0v) is 19.0. The van der Waals surface area contributed by atoms with Crippen molar-refractivity contribution in [2.45, 2.75) is 32.5 Å². The Balaban J connectivity index is 1.61. The molecule has 5 nitrogen and oxygen atoms in total. The molecule has 0 aliphatic carbocycles. The van der Waals surface area contributed by atoms with Crippen molar-refractivity contribution in [1.29, 1.82) is 0 Å². The van der Waals surface area contributed by atoms with E-state index in [2.05, 4.69) is 87.3 Å². The molecule has 1 saturated heterocycles. The van der Waals surface area contributed by atoms with Gasteiger partial charge in [0.15, 0.2) is 5.11 Å². The van der Waals surface area contributed by atoms with Crippen LogP contribution in [0.4, 0.5) is 5.69 Å². The minimum atomic E-state index is -0.0622. The number of nitrogens with one attached hydrogen (secondary N) is 1. The van der Waals surface area contributed by atoms with Crippen LogP contribution in [0.15, 0.2) is 85.5 Å². The van der Waals surface area contributed by atoms with Crippen molar-refractivity contribution in [2.24, 2.45) is 0 Å². The fraction of sp³-hybridized carbons (Fsp3) is 0.192. The van der Waals surface area contributed by atoms with Gasteiger partial charge in [0.05, 0.1) is 11.7 Å². The second-order valence-electron chi connectivity index (χ2n) is 8.19. The fourth-order valence-corrected chi connectivity index (χ4v) is 4.68. The lowest BCUT2D eigenvalue weighted by molar-refractivity contribution is 0.533. The van der Waals surface area contributed by atoms with Crippen molar-refractivity contribution in [1.82, 2.24) is 19.9 Å². The lowest BCUT2D eigenvalue weighted by Gasteiger charge is -2.29. The maximum Gasteiger partial charge on any atom is 0.174 e. The minimum Gasteiger partial charge on any atom is -0.351 e. The van der Waals surface area contributed by atoms with Crippen LogP contribution < -0.4 is 10.2 Å². The van der Waals surface area contributed by atoms with Gasteiger partial charge in [0.25, 0.3) is 0 Å². The number of thiocarbonyl (C=S) groups is 1. The lowest BCUT2D eigenvalue weighted by atomic mass is 10.00. The first kappa shape index (κ1) is 20.4. The van der Waals surface area contributed by atoms with Crippen LogP contribution in [0, 0.1) is 13.8 Å². The van der Waals surface area contributed by atoms with E-state index in [1.165, 1.54) is 16.8 Å². The van der Waals surface area contributed by atoms with Gasteiger partial charge in [-0.25, -0.2) is 0 Å². The molecule has 0 saturated carbocycles. The number of anilines is 1. The Morgan fingerprint density at radius 3 is 2.62 bits per heavy atom. The van der Waals surface area contributed by atoms with Crippen LogP contribution in [0.25, 0.3) is 0 Å². The summed E-state index contributed by atoms with van der Waals surface area (Å²) in [5.41, 5.74) is 6.91. The third kappa shape index (κ3) is 3.78. The van der Waals surface area contributed by atoms with Crippen LogP contribution in [0.3, 0.4) is 0 Å². The normalized spacial score (nSPS) is 18.1. The predicted molar refractivity (Wildman–Crippen MR) is 132 cm³/mol. The standard InChI is InChI=1S/C26H25N5S/c1-18-10-11-21(15-19(18)2)31-25(24(29-26(31)32)22-8-3-4-13-28-22)23-9-6-14-30(23)17-20-7-5-12-27-16-20/h3-16,24-25H,17H2,1-2H3,(H,29,32)/t24-,25-/m1/s1. The van der Waals surface area contributed by atoms with Crippen LogP contribution in [0.2, 0.25) is 0 Å². The lowest BCUT2D eigenvalue weighted by Crippen LogP contribution is -2.30. The van der Waals surface area contributed by atoms with Crippen molar-refractivity contribution in [3.05, 3.63) is 114 Å². The molecule has 160 valence electrons. The number of hydrogen-bond acceptors (Lipinski definition) is 3. The highest BCUT2D eigenvalue weighted by molar-refractivity contribution is 7.80. The summed E-state index contributed by atoms with van der Waals surface area (Å²) >= 11 is 5.87. The van der Waals surface area contributed by atoms with E-state index < -0.39 is 0 Å². The molecule has 4 aromatic rings. The maximum absolute atomic E-state index is 5.87. The molecule has 0 spiro atoms. The quantitative estimate of drug-likeness (QED) is 0.437. The van der Waals surface area contributed by atoms with Gasteiger partial charge in [-0.15, -0.1) is 0 Å². The van der Waals surface area contributed by atoms with Crippen LogP contribution >= 0.6 is 12.2 Å². The van der Waals surface area contributed by atoms with E-state index in [1.807, 2.05) is 30.6 Å². The molecule has 4 heterocycles. The van der Waals surface area contributed by atoms with Gasteiger partial charge in [-0.3, -0.25) is 9.97 Å². The number of pyridine rings is 2. The van der Waals surface area contributed by atoms with Crippen molar-refractivity contribution in [3.63, 3.8) is 0 Å². The Morgan fingerprint density at radius 1 is 0.969 bits per heavy atom. The third-order valence-corrected chi connectivity index (χ3v) is 6.42. The van der Waals surface area contributed by atoms with Crippen molar-refractivity contribution in [2.75, 3.05) is 4.90 Å². The van der Waals surface area contributed by atoms with Gasteiger partial charge in [-0.05, 0) is 85.2 Å². The van der Waals surface area contributed by atoms with Crippen molar-refractivity contribution < 1.29 is 0 Å². The van der Waals surface area contributed by atoms with E-state index in [0.717, 1.165) is 23.5 Å². The van der Waals surface area contributed by atoms with Crippen molar-refractivity contribution in [3.8, 4) is 0 Å². The smallest absolute Gasteiger partial charge is 0.174 e. The number of aryl methyl sites for hydroxylation is 2. The Hall–Kier alpha value is -3.51. The topological polar surface area (TPSA) is 46.0 Å². The second-order valence-corrected chi connectivity index (χ2v) is 8.57. The van der Waals surface area contributed by atoms with Crippen LogP contribution in [0.5, 0.6) is 0 Å². The van der Waals surface area contributed by atoms with E-state index in [0.29, 0.717) is 5.11 Å². The molecule has 0 unspecified atom stereocenters. The van der Waals surface area contributed by atoms with E-state index in [9.17, 15) is 0 Å². The predicted octanol–water partition coefficient (Wildman–Crippen LogP) is 5.12. The first-order valence-corrected chi connectivity index (χ1v) is 11.1. The Bertz CT molecular complexity index is 1240. The van der Waals surface area contributed by atoms with Gasteiger partial charge in [-0.2, -0.15) is 0 Å². The molecule has 0 radical (unpaired) electrons. The summed E-state index contributed by atoms with van der Waals surface area (Å²) in [5, 5.41) is 4.26. The van der Waals surface area contributed by atoms with Gasteiger partial charge >= 0.3 is 0 Å². The van der Waals surface area contributed by atoms with Crippen LogP contribution in [0.1, 0.15) is 40.2 Å². The molecular weight excluding hydrogens is 414 g/mol. The molecule has 1 N–H and O–H groups in total.